The first kappa shape index (κ1) is 18.7. The van der Waals surface area contributed by atoms with Gasteiger partial charge < -0.3 is 25.5 Å². The molecule has 0 amide bonds. The Balaban J connectivity index is 0. The van der Waals surface area contributed by atoms with Gasteiger partial charge in [0.2, 0.25) is 0 Å². The monoisotopic (exact) mass is 266 g/mol. The van der Waals surface area contributed by atoms with E-state index in [4.69, 9.17) is 25.5 Å². The minimum absolute atomic E-state index is 0.500. The molecule has 0 spiro atoms. The van der Waals surface area contributed by atoms with Crippen molar-refractivity contribution in [3.63, 3.8) is 0 Å². The van der Waals surface area contributed by atoms with E-state index >= 15 is 0 Å². The van der Waals surface area contributed by atoms with Crippen molar-refractivity contribution in [1.29, 1.82) is 0 Å². The van der Waals surface area contributed by atoms with Gasteiger partial charge in [0.05, 0.1) is 18.4 Å². The lowest BCUT2D eigenvalue weighted by Gasteiger charge is -2.18. The zero-order valence-electron chi connectivity index (χ0n) is 10.4. The van der Waals surface area contributed by atoms with Crippen LogP contribution in [0.5, 0.6) is 0 Å². The summed E-state index contributed by atoms with van der Waals surface area (Å²) in [6.07, 6.45) is -2.29. The van der Waals surface area contributed by atoms with Crippen molar-refractivity contribution in [3.05, 3.63) is 0 Å². The third kappa shape index (κ3) is 12.4. The molecule has 0 bridgehead atoms. The van der Waals surface area contributed by atoms with Crippen LogP contribution in [0, 0.1) is 0 Å². The number of carbonyl (C=O) groups is 3. The first-order chi connectivity index (χ1) is 7.78. The van der Waals surface area contributed by atoms with Crippen LogP contribution in [-0.2, 0) is 14.4 Å². The summed E-state index contributed by atoms with van der Waals surface area (Å²) in [6, 6.07) is 0. The number of aliphatic hydroxyl groups is 2. The first-order valence-electron chi connectivity index (χ1n) is 4.89. The summed E-state index contributed by atoms with van der Waals surface area (Å²) >= 11 is 0. The van der Waals surface area contributed by atoms with Crippen LogP contribution in [0.3, 0.4) is 0 Å². The molecule has 106 valence electrons. The van der Waals surface area contributed by atoms with Crippen molar-refractivity contribution in [2.45, 2.75) is 44.8 Å². The standard InChI is InChI=1S/C6H8O7.C4H10O/c7-3(8)1-6(13,5(11)12)2-4(9)10;1-4(2,3)5/h13H,1-2H2,(H,7,8)(H,9,10)(H,11,12);5H,1-3H3. The van der Waals surface area contributed by atoms with Gasteiger partial charge in [-0.05, 0) is 20.8 Å². The van der Waals surface area contributed by atoms with E-state index in [1.807, 2.05) is 0 Å². The Morgan fingerprint density at radius 2 is 1.06 bits per heavy atom. The molecule has 0 unspecified atom stereocenters. The number of hydrogen-bond acceptors (Lipinski definition) is 5. The molecule has 0 atom stereocenters. The van der Waals surface area contributed by atoms with Crippen molar-refractivity contribution < 1.29 is 39.9 Å². The quantitative estimate of drug-likeness (QED) is 0.447. The Bertz CT molecular complexity index is 292. The van der Waals surface area contributed by atoms with Crippen molar-refractivity contribution >= 4 is 17.9 Å². The summed E-state index contributed by atoms with van der Waals surface area (Å²) < 4.78 is 0. The van der Waals surface area contributed by atoms with Crippen LogP contribution in [0.4, 0.5) is 0 Å². The molecule has 0 radical (unpaired) electrons. The maximum absolute atomic E-state index is 10.3. The van der Waals surface area contributed by atoms with E-state index < -0.39 is 42.0 Å². The average molecular weight is 266 g/mol. The molecule has 0 aromatic carbocycles. The van der Waals surface area contributed by atoms with Crippen LogP contribution in [0.2, 0.25) is 0 Å². The molecule has 5 N–H and O–H groups in total. The summed E-state index contributed by atoms with van der Waals surface area (Å²) in [5.41, 5.74) is -3.24. The second-order valence-electron chi connectivity index (χ2n) is 4.65. The largest absolute Gasteiger partial charge is 0.481 e. The molecule has 0 fully saturated rings. The van der Waals surface area contributed by atoms with Crippen LogP contribution in [-0.4, -0.2) is 54.6 Å². The Kier molecular flexibility index (Phi) is 7.18. The molecule has 0 aliphatic rings. The first-order valence-corrected chi connectivity index (χ1v) is 4.89. The molecule has 0 saturated carbocycles. The molecule has 18 heavy (non-hydrogen) atoms. The third-order valence-corrected chi connectivity index (χ3v) is 1.29. The topological polar surface area (TPSA) is 152 Å². The molecule has 0 aromatic rings. The zero-order valence-corrected chi connectivity index (χ0v) is 10.4. The highest BCUT2D eigenvalue weighted by Crippen LogP contribution is 2.15. The van der Waals surface area contributed by atoms with Crippen molar-refractivity contribution in [3.8, 4) is 0 Å². The molecule has 0 saturated heterocycles. The zero-order chi connectivity index (χ0) is 15.1. The highest BCUT2D eigenvalue weighted by Gasteiger charge is 2.40. The van der Waals surface area contributed by atoms with Crippen molar-refractivity contribution in [2.75, 3.05) is 0 Å². The van der Waals surface area contributed by atoms with E-state index in [0.717, 1.165) is 0 Å². The smallest absolute Gasteiger partial charge is 0.336 e. The average Bonchev–Trinajstić information content (AvgIpc) is 1.95. The van der Waals surface area contributed by atoms with E-state index in [1.165, 1.54) is 0 Å². The van der Waals surface area contributed by atoms with Gasteiger partial charge in [-0.25, -0.2) is 4.79 Å². The number of aliphatic carboxylic acids is 3. The van der Waals surface area contributed by atoms with Crippen molar-refractivity contribution in [2.24, 2.45) is 0 Å². The van der Waals surface area contributed by atoms with Crippen molar-refractivity contribution in [1.82, 2.24) is 0 Å². The van der Waals surface area contributed by atoms with E-state index in [-0.39, 0.29) is 0 Å². The second kappa shape index (κ2) is 6.92. The minimum atomic E-state index is -2.74. The maximum Gasteiger partial charge on any atom is 0.336 e. The maximum atomic E-state index is 10.3. The molecule has 0 heterocycles. The van der Waals surface area contributed by atoms with Gasteiger partial charge in [-0.3, -0.25) is 9.59 Å². The van der Waals surface area contributed by atoms with E-state index in [0.29, 0.717) is 0 Å². The van der Waals surface area contributed by atoms with E-state index in [2.05, 4.69) is 0 Å². The SMILES string of the molecule is CC(C)(C)O.O=C(O)CC(O)(CC(=O)O)C(=O)O. The van der Waals surface area contributed by atoms with Crippen LogP contribution in [0.1, 0.15) is 33.6 Å². The Hall–Kier alpha value is -1.67. The molecular formula is C10H18O8. The minimum Gasteiger partial charge on any atom is -0.481 e. The third-order valence-electron chi connectivity index (χ3n) is 1.29. The summed E-state index contributed by atoms with van der Waals surface area (Å²) in [5, 5.41) is 42.3. The summed E-state index contributed by atoms with van der Waals surface area (Å²) in [6.45, 7) is 5.23. The van der Waals surface area contributed by atoms with Crippen LogP contribution >= 0.6 is 0 Å². The summed E-state index contributed by atoms with van der Waals surface area (Å²) in [7, 11) is 0. The summed E-state index contributed by atoms with van der Waals surface area (Å²) in [4.78, 5) is 30.5. The van der Waals surface area contributed by atoms with Crippen LogP contribution in [0.25, 0.3) is 0 Å². The van der Waals surface area contributed by atoms with Gasteiger partial charge in [-0.15, -0.1) is 0 Å². The van der Waals surface area contributed by atoms with Gasteiger partial charge in [0.1, 0.15) is 0 Å². The predicted molar refractivity (Wildman–Crippen MR) is 59.1 cm³/mol. The Morgan fingerprint density at radius 1 is 0.833 bits per heavy atom. The highest BCUT2D eigenvalue weighted by molar-refractivity contribution is 5.88. The van der Waals surface area contributed by atoms with Gasteiger partial charge in [0.25, 0.3) is 0 Å². The Labute approximate surface area is 103 Å². The van der Waals surface area contributed by atoms with Crippen LogP contribution in [0.15, 0.2) is 0 Å². The highest BCUT2D eigenvalue weighted by atomic mass is 16.4. The fraction of sp³-hybridized carbons (Fsp3) is 0.700. The number of carboxylic acid groups (broad SMARTS) is 3. The number of carboxylic acids is 3. The Morgan fingerprint density at radius 3 is 1.17 bits per heavy atom. The van der Waals surface area contributed by atoms with Gasteiger partial charge in [-0.1, -0.05) is 0 Å². The molecule has 0 aromatic heterocycles. The molecule has 0 aliphatic heterocycles. The molecule has 0 rings (SSSR count). The predicted octanol–water partition coefficient (Wildman–Crippen LogP) is -0.471. The number of rotatable bonds is 5. The molecule has 8 heteroatoms. The van der Waals surface area contributed by atoms with Crippen LogP contribution < -0.4 is 0 Å². The molecule has 0 aliphatic carbocycles. The molecule has 8 nitrogen and oxygen atoms in total. The molecular weight excluding hydrogens is 248 g/mol. The van der Waals surface area contributed by atoms with Gasteiger partial charge in [-0.2, -0.15) is 0 Å². The lowest BCUT2D eigenvalue weighted by Crippen LogP contribution is -2.42. The fourth-order valence-corrected chi connectivity index (χ4v) is 0.714. The second-order valence-corrected chi connectivity index (χ2v) is 4.65. The van der Waals surface area contributed by atoms with E-state index in [9.17, 15) is 14.4 Å². The number of hydrogen-bond donors (Lipinski definition) is 5. The van der Waals surface area contributed by atoms with Gasteiger partial charge in [0.15, 0.2) is 5.60 Å². The van der Waals surface area contributed by atoms with E-state index in [1.54, 1.807) is 20.8 Å². The lowest BCUT2D eigenvalue weighted by molar-refractivity contribution is -0.170. The van der Waals surface area contributed by atoms with Gasteiger partial charge >= 0.3 is 17.9 Å². The normalized spacial score (nSPS) is 11.2. The van der Waals surface area contributed by atoms with Gasteiger partial charge in [0, 0.05) is 0 Å². The lowest BCUT2D eigenvalue weighted by atomic mass is 9.96. The fourth-order valence-electron chi connectivity index (χ4n) is 0.714. The summed E-state index contributed by atoms with van der Waals surface area (Å²) in [5.74, 6) is -5.02.